The fourth-order valence-electron chi connectivity index (χ4n) is 3.17. The highest BCUT2D eigenvalue weighted by molar-refractivity contribution is 5.83. The van der Waals surface area contributed by atoms with E-state index >= 15 is 0 Å². The van der Waals surface area contributed by atoms with Gasteiger partial charge in [-0.05, 0) is 49.7 Å². The van der Waals surface area contributed by atoms with E-state index in [2.05, 4.69) is 0 Å². The minimum absolute atomic E-state index is 0.236. The van der Waals surface area contributed by atoms with E-state index in [1.54, 1.807) is 6.07 Å². The van der Waals surface area contributed by atoms with Gasteiger partial charge in [0.1, 0.15) is 11.9 Å². The molecule has 1 aromatic rings. The zero-order valence-electron chi connectivity index (χ0n) is 12.9. The van der Waals surface area contributed by atoms with Crippen molar-refractivity contribution in [2.24, 2.45) is 5.92 Å². The molecular weight excluding hydrogens is 280 g/mol. The van der Waals surface area contributed by atoms with Crippen LogP contribution in [0.3, 0.4) is 0 Å². The minimum atomic E-state index is -1.23. The van der Waals surface area contributed by atoms with Crippen LogP contribution in [0, 0.1) is 5.92 Å². The number of benzene rings is 1. The number of phenols is 1. The molecule has 0 spiro atoms. The lowest BCUT2D eigenvalue weighted by Gasteiger charge is -2.23. The summed E-state index contributed by atoms with van der Waals surface area (Å²) < 4.78 is 0. The van der Waals surface area contributed by atoms with Crippen LogP contribution in [0.5, 0.6) is 5.75 Å². The molecule has 4 nitrogen and oxygen atoms in total. The van der Waals surface area contributed by atoms with Gasteiger partial charge >= 0.3 is 0 Å². The van der Waals surface area contributed by atoms with E-state index in [0.29, 0.717) is 24.5 Å². The summed E-state index contributed by atoms with van der Waals surface area (Å²) in [6, 6.07) is 7.38. The third kappa shape index (κ3) is 4.82. The maximum atomic E-state index is 11.6. The standard InChI is InChI=1S/C18H26O4/c19-15-7-4-2-6-14(15)11-9-13-5-1-3-8-16(20)18(22)17(21)12-10-13/h2,4,6-7,13,17-19,21-22H,1,3,5,8-12H2. The first-order valence-corrected chi connectivity index (χ1v) is 8.23. The summed E-state index contributed by atoms with van der Waals surface area (Å²) >= 11 is 0. The highest BCUT2D eigenvalue weighted by Gasteiger charge is 2.25. The van der Waals surface area contributed by atoms with Gasteiger partial charge < -0.3 is 15.3 Å². The molecule has 4 heteroatoms. The van der Waals surface area contributed by atoms with Crippen LogP contribution in [0.2, 0.25) is 0 Å². The lowest BCUT2D eigenvalue weighted by Crippen LogP contribution is -2.34. The van der Waals surface area contributed by atoms with E-state index in [0.717, 1.165) is 44.1 Å². The Balaban J connectivity index is 1.90. The number of aliphatic hydroxyl groups is 2. The van der Waals surface area contributed by atoms with Crippen LogP contribution < -0.4 is 0 Å². The van der Waals surface area contributed by atoms with E-state index in [9.17, 15) is 20.1 Å². The zero-order chi connectivity index (χ0) is 15.9. The maximum Gasteiger partial charge on any atom is 0.163 e. The lowest BCUT2D eigenvalue weighted by molar-refractivity contribution is -0.133. The Hall–Kier alpha value is -1.39. The number of phenolic OH excluding ortho intramolecular Hbond substituents is 1. The van der Waals surface area contributed by atoms with Gasteiger partial charge in [0.25, 0.3) is 0 Å². The molecule has 122 valence electrons. The molecule has 22 heavy (non-hydrogen) atoms. The van der Waals surface area contributed by atoms with E-state index in [-0.39, 0.29) is 5.78 Å². The second-order valence-corrected chi connectivity index (χ2v) is 6.34. The summed E-state index contributed by atoms with van der Waals surface area (Å²) in [5.74, 6) is 0.554. The molecule has 0 saturated heterocycles. The molecule has 3 atom stereocenters. The number of carbonyl (C=O) groups excluding carboxylic acids is 1. The van der Waals surface area contributed by atoms with Gasteiger partial charge in [0.15, 0.2) is 5.78 Å². The van der Waals surface area contributed by atoms with Gasteiger partial charge in [-0.2, -0.15) is 0 Å². The Morgan fingerprint density at radius 3 is 2.59 bits per heavy atom. The molecular formula is C18H26O4. The molecule has 2 rings (SSSR count). The van der Waals surface area contributed by atoms with Gasteiger partial charge in [-0.25, -0.2) is 0 Å². The fourth-order valence-corrected chi connectivity index (χ4v) is 3.17. The molecule has 1 aromatic carbocycles. The summed E-state index contributed by atoms with van der Waals surface area (Å²) in [4.78, 5) is 11.6. The molecule has 0 bridgehead atoms. The molecule has 1 fully saturated rings. The van der Waals surface area contributed by atoms with Crippen molar-refractivity contribution < 1.29 is 20.1 Å². The number of aryl methyl sites for hydroxylation is 1. The Morgan fingerprint density at radius 1 is 1.05 bits per heavy atom. The third-order valence-electron chi connectivity index (χ3n) is 4.66. The highest BCUT2D eigenvalue weighted by Crippen LogP contribution is 2.27. The van der Waals surface area contributed by atoms with Crippen LogP contribution in [0.4, 0.5) is 0 Å². The monoisotopic (exact) mass is 306 g/mol. The summed E-state index contributed by atoms with van der Waals surface area (Å²) in [5, 5.41) is 29.5. The molecule has 0 heterocycles. The third-order valence-corrected chi connectivity index (χ3v) is 4.66. The maximum absolute atomic E-state index is 11.6. The highest BCUT2D eigenvalue weighted by atomic mass is 16.3. The van der Waals surface area contributed by atoms with Gasteiger partial charge in [0.2, 0.25) is 0 Å². The summed E-state index contributed by atoms with van der Waals surface area (Å²) in [6.07, 6.45) is 3.99. The molecule has 0 amide bonds. The first-order valence-electron chi connectivity index (χ1n) is 8.23. The second-order valence-electron chi connectivity index (χ2n) is 6.34. The first kappa shape index (κ1) is 17.0. The number of para-hydroxylation sites is 1. The number of aliphatic hydroxyl groups excluding tert-OH is 2. The second kappa shape index (κ2) is 8.30. The largest absolute Gasteiger partial charge is 0.508 e. The van der Waals surface area contributed by atoms with Crippen LogP contribution in [0.25, 0.3) is 0 Å². The first-order chi connectivity index (χ1) is 10.6. The van der Waals surface area contributed by atoms with Crippen molar-refractivity contribution in [2.45, 2.75) is 63.6 Å². The van der Waals surface area contributed by atoms with Gasteiger partial charge in [-0.1, -0.05) is 31.0 Å². The minimum Gasteiger partial charge on any atom is -0.508 e. The number of Topliss-reactive ketones (excluding diaryl/α,β-unsaturated/α-hetero) is 1. The van der Waals surface area contributed by atoms with E-state index in [1.165, 1.54) is 0 Å². The van der Waals surface area contributed by atoms with Crippen LogP contribution in [0.15, 0.2) is 24.3 Å². The van der Waals surface area contributed by atoms with Gasteiger partial charge in [-0.3, -0.25) is 4.79 Å². The smallest absolute Gasteiger partial charge is 0.163 e. The molecule has 1 saturated carbocycles. The lowest BCUT2D eigenvalue weighted by atomic mass is 9.86. The van der Waals surface area contributed by atoms with Crippen LogP contribution >= 0.6 is 0 Å². The van der Waals surface area contributed by atoms with E-state index in [1.807, 2.05) is 18.2 Å². The molecule has 3 unspecified atom stereocenters. The number of ketones is 1. The Labute approximate surface area is 131 Å². The van der Waals surface area contributed by atoms with Gasteiger partial charge in [0, 0.05) is 6.42 Å². The number of carbonyl (C=O) groups is 1. The van der Waals surface area contributed by atoms with Crippen molar-refractivity contribution in [2.75, 3.05) is 0 Å². The van der Waals surface area contributed by atoms with Crippen molar-refractivity contribution in [3.05, 3.63) is 29.8 Å². The normalized spacial score (nSPS) is 27.5. The average molecular weight is 306 g/mol. The Bertz CT molecular complexity index is 486. The van der Waals surface area contributed by atoms with Crippen LogP contribution in [0.1, 0.15) is 50.5 Å². The van der Waals surface area contributed by atoms with Crippen LogP contribution in [-0.4, -0.2) is 33.3 Å². The molecule has 0 aliphatic heterocycles. The van der Waals surface area contributed by atoms with Crippen molar-refractivity contribution in [1.82, 2.24) is 0 Å². The fraction of sp³-hybridized carbons (Fsp3) is 0.611. The zero-order valence-corrected chi connectivity index (χ0v) is 12.9. The predicted octanol–water partition coefficient (Wildman–Crippen LogP) is 2.59. The number of rotatable bonds is 3. The SMILES string of the molecule is O=C1CCCCC(CCc2ccccc2O)CCC(O)C1O. The van der Waals surface area contributed by atoms with E-state index in [4.69, 9.17) is 0 Å². The van der Waals surface area contributed by atoms with Crippen molar-refractivity contribution in [3.63, 3.8) is 0 Å². The topological polar surface area (TPSA) is 77.8 Å². The Morgan fingerprint density at radius 2 is 1.82 bits per heavy atom. The summed E-state index contributed by atoms with van der Waals surface area (Å²) in [5.41, 5.74) is 0.954. The molecule has 1 aliphatic carbocycles. The van der Waals surface area contributed by atoms with Crippen molar-refractivity contribution in [3.8, 4) is 5.75 Å². The quantitative estimate of drug-likeness (QED) is 0.802. The molecule has 0 radical (unpaired) electrons. The Kier molecular flexibility index (Phi) is 6.40. The number of hydrogen-bond acceptors (Lipinski definition) is 4. The molecule has 1 aliphatic rings. The molecule has 0 aromatic heterocycles. The average Bonchev–Trinajstić information content (AvgIpc) is 2.52. The van der Waals surface area contributed by atoms with Gasteiger partial charge in [0.05, 0.1) is 6.10 Å². The molecule has 3 N–H and O–H groups in total. The number of hydrogen-bond donors (Lipinski definition) is 3. The van der Waals surface area contributed by atoms with Crippen LogP contribution in [-0.2, 0) is 11.2 Å². The van der Waals surface area contributed by atoms with Gasteiger partial charge in [-0.15, -0.1) is 0 Å². The van der Waals surface area contributed by atoms with Crippen molar-refractivity contribution in [1.29, 1.82) is 0 Å². The van der Waals surface area contributed by atoms with E-state index < -0.39 is 12.2 Å². The number of aromatic hydroxyl groups is 1. The predicted molar refractivity (Wildman–Crippen MR) is 84.6 cm³/mol. The summed E-state index contributed by atoms with van der Waals surface area (Å²) in [7, 11) is 0. The van der Waals surface area contributed by atoms with Crippen molar-refractivity contribution >= 4 is 5.78 Å². The summed E-state index contributed by atoms with van der Waals surface area (Å²) in [6.45, 7) is 0.